The first-order chi connectivity index (χ1) is 10.2. The molecular weight excluding hydrogens is 266 g/mol. The lowest BCUT2D eigenvalue weighted by atomic mass is 10.2. The monoisotopic (exact) mass is 293 g/mol. The molecule has 118 valence electrons. The average Bonchev–Trinajstić information content (AvgIpc) is 2.47. The van der Waals surface area contributed by atoms with Gasteiger partial charge in [-0.05, 0) is 38.1 Å². The summed E-state index contributed by atoms with van der Waals surface area (Å²) >= 11 is 0. The largest absolute Gasteiger partial charge is 0.397 e. The van der Waals surface area contributed by atoms with E-state index in [1.165, 1.54) is 0 Å². The standard InChI is InChI=1S/C16H27N3O2/c1-2-3-10-19(12-13-20)11-6-9-16(21)18-15-8-5-4-7-14(15)17/h4-5,7-8,20H,2-3,6,9-13,17H2,1H3,(H,18,21). The Bertz CT molecular complexity index is 424. The topological polar surface area (TPSA) is 78.6 Å². The number of anilines is 2. The number of hydrogen-bond donors (Lipinski definition) is 3. The summed E-state index contributed by atoms with van der Waals surface area (Å²) in [7, 11) is 0. The molecule has 0 aliphatic carbocycles. The number of nitrogen functional groups attached to an aromatic ring is 1. The van der Waals surface area contributed by atoms with Crippen LogP contribution in [0.2, 0.25) is 0 Å². The highest BCUT2D eigenvalue weighted by Crippen LogP contribution is 2.16. The van der Waals surface area contributed by atoms with Crippen LogP contribution in [0.3, 0.4) is 0 Å². The van der Waals surface area contributed by atoms with Crippen molar-refractivity contribution in [3.63, 3.8) is 0 Å². The maximum absolute atomic E-state index is 11.9. The molecular formula is C16H27N3O2. The summed E-state index contributed by atoms with van der Waals surface area (Å²) in [6, 6.07) is 7.25. The first kappa shape index (κ1) is 17.5. The van der Waals surface area contributed by atoms with Crippen LogP contribution in [0.4, 0.5) is 11.4 Å². The molecule has 0 atom stereocenters. The summed E-state index contributed by atoms with van der Waals surface area (Å²) in [4.78, 5) is 14.1. The molecule has 5 nitrogen and oxygen atoms in total. The summed E-state index contributed by atoms with van der Waals surface area (Å²) in [6.45, 7) is 4.79. The third-order valence-electron chi connectivity index (χ3n) is 3.36. The molecule has 5 heteroatoms. The van der Waals surface area contributed by atoms with Crippen LogP contribution in [-0.2, 0) is 4.79 Å². The number of unbranched alkanes of at least 4 members (excludes halogenated alkanes) is 1. The van der Waals surface area contributed by atoms with Crippen molar-refractivity contribution in [3.8, 4) is 0 Å². The molecule has 0 bridgehead atoms. The second-order valence-corrected chi connectivity index (χ2v) is 5.16. The molecule has 0 saturated heterocycles. The predicted molar refractivity (Wildman–Crippen MR) is 87.2 cm³/mol. The fraction of sp³-hybridized carbons (Fsp3) is 0.562. The summed E-state index contributed by atoms with van der Waals surface area (Å²) in [6.07, 6.45) is 3.49. The molecule has 0 fully saturated rings. The van der Waals surface area contributed by atoms with Gasteiger partial charge in [-0.3, -0.25) is 4.79 Å². The zero-order valence-electron chi connectivity index (χ0n) is 12.8. The van der Waals surface area contributed by atoms with E-state index in [0.29, 0.717) is 24.3 Å². The number of rotatable bonds is 10. The Labute approximate surface area is 127 Å². The lowest BCUT2D eigenvalue weighted by Gasteiger charge is -2.20. The Balaban J connectivity index is 2.30. The second kappa shape index (κ2) is 10.2. The summed E-state index contributed by atoms with van der Waals surface area (Å²) in [5.41, 5.74) is 7.04. The summed E-state index contributed by atoms with van der Waals surface area (Å²) in [5, 5.41) is 11.9. The van der Waals surface area contributed by atoms with Gasteiger partial charge in [-0.15, -0.1) is 0 Å². The number of benzene rings is 1. The van der Waals surface area contributed by atoms with Crippen LogP contribution >= 0.6 is 0 Å². The number of nitrogens with zero attached hydrogens (tertiary/aromatic N) is 1. The van der Waals surface area contributed by atoms with Gasteiger partial charge in [0, 0.05) is 13.0 Å². The zero-order chi connectivity index (χ0) is 15.5. The van der Waals surface area contributed by atoms with Crippen molar-refractivity contribution >= 4 is 17.3 Å². The first-order valence-corrected chi connectivity index (χ1v) is 7.65. The molecule has 0 aliphatic rings. The Morgan fingerprint density at radius 1 is 1.24 bits per heavy atom. The smallest absolute Gasteiger partial charge is 0.224 e. The van der Waals surface area contributed by atoms with Gasteiger partial charge in [0.05, 0.1) is 18.0 Å². The molecule has 0 aromatic heterocycles. The minimum Gasteiger partial charge on any atom is -0.397 e. The van der Waals surface area contributed by atoms with Crippen LogP contribution in [-0.4, -0.2) is 42.2 Å². The number of para-hydroxylation sites is 2. The molecule has 0 spiro atoms. The van der Waals surface area contributed by atoms with Crippen LogP contribution in [0.5, 0.6) is 0 Å². The van der Waals surface area contributed by atoms with Gasteiger partial charge < -0.3 is 21.1 Å². The highest BCUT2D eigenvalue weighted by Gasteiger charge is 2.07. The molecule has 21 heavy (non-hydrogen) atoms. The molecule has 1 aromatic rings. The van der Waals surface area contributed by atoms with E-state index in [0.717, 1.165) is 32.4 Å². The van der Waals surface area contributed by atoms with Crippen molar-refractivity contribution < 1.29 is 9.90 Å². The molecule has 0 heterocycles. The minimum absolute atomic E-state index is 0.0210. The van der Waals surface area contributed by atoms with Crippen molar-refractivity contribution in [2.24, 2.45) is 0 Å². The van der Waals surface area contributed by atoms with E-state index in [2.05, 4.69) is 17.1 Å². The molecule has 1 rings (SSSR count). The maximum Gasteiger partial charge on any atom is 0.224 e. The average molecular weight is 293 g/mol. The third-order valence-corrected chi connectivity index (χ3v) is 3.36. The van der Waals surface area contributed by atoms with Crippen molar-refractivity contribution in [1.82, 2.24) is 4.90 Å². The minimum atomic E-state index is -0.0210. The Morgan fingerprint density at radius 2 is 1.95 bits per heavy atom. The zero-order valence-corrected chi connectivity index (χ0v) is 12.8. The van der Waals surface area contributed by atoms with E-state index in [9.17, 15) is 4.79 Å². The van der Waals surface area contributed by atoms with E-state index in [1.807, 2.05) is 12.1 Å². The summed E-state index contributed by atoms with van der Waals surface area (Å²) < 4.78 is 0. The van der Waals surface area contributed by atoms with Gasteiger partial charge in [0.1, 0.15) is 0 Å². The fourth-order valence-electron chi connectivity index (χ4n) is 2.15. The van der Waals surface area contributed by atoms with Gasteiger partial charge in [0.2, 0.25) is 5.91 Å². The van der Waals surface area contributed by atoms with Gasteiger partial charge in [0.15, 0.2) is 0 Å². The molecule has 0 saturated carbocycles. The van der Waals surface area contributed by atoms with E-state index < -0.39 is 0 Å². The fourth-order valence-corrected chi connectivity index (χ4v) is 2.15. The predicted octanol–water partition coefficient (Wildman–Crippen LogP) is 2.08. The summed E-state index contributed by atoms with van der Waals surface area (Å²) in [5.74, 6) is -0.0210. The normalized spacial score (nSPS) is 10.8. The van der Waals surface area contributed by atoms with Gasteiger partial charge in [0.25, 0.3) is 0 Å². The number of nitrogens with two attached hydrogens (primary N) is 1. The number of carbonyl (C=O) groups excluding carboxylic acids is 1. The van der Waals surface area contributed by atoms with Crippen molar-refractivity contribution in [2.75, 3.05) is 37.3 Å². The van der Waals surface area contributed by atoms with Crippen LogP contribution in [0.15, 0.2) is 24.3 Å². The van der Waals surface area contributed by atoms with Crippen molar-refractivity contribution in [1.29, 1.82) is 0 Å². The van der Waals surface area contributed by atoms with E-state index in [4.69, 9.17) is 10.8 Å². The van der Waals surface area contributed by atoms with Crippen LogP contribution in [0, 0.1) is 0 Å². The van der Waals surface area contributed by atoms with E-state index >= 15 is 0 Å². The highest BCUT2D eigenvalue weighted by atomic mass is 16.3. The molecule has 0 aliphatic heterocycles. The molecule has 4 N–H and O–H groups in total. The lowest BCUT2D eigenvalue weighted by molar-refractivity contribution is -0.116. The van der Waals surface area contributed by atoms with Crippen molar-refractivity contribution in [2.45, 2.75) is 32.6 Å². The molecule has 1 amide bonds. The van der Waals surface area contributed by atoms with Crippen LogP contribution in [0.1, 0.15) is 32.6 Å². The Hall–Kier alpha value is -1.59. The van der Waals surface area contributed by atoms with Gasteiger partial charge in [-0.25, -0.2) is 0 Å². The SMILES string of the molecule is CCCCN(CCO)CCCC(=O)Nc1ccccc1N. The Kier molecular flexibility index (Phi) is 8.47. The number of hydrogen-bond acceptors (Lipinski definition) is 4. The van der Waals surface area contributed by atoms with Gasteiger partial charge in [-0.2, -0.15) is 0 Å². The molecule has 1 aromatic carbocycles. The highest BCUT2D eigenvalue weighted by molar-refractivity contribution is 5.93. The number of amides is 1. The molecule has 0 radical (unpaired) electrons. The van der Waals surface area contributed by atoms with Gasteiger partial charge in [-0.1, -0.05) is 25.5 Å². The third kappa shape index (κ3) is 7.11. The number of aliphatic hydroxyl groups excluding tert-OH is 1. The van der Waals surface area contributed by atoms with Crippen LogP contribution in [0.25, 0.3) is 0 Å². The van der Waals surface area contributed by atoms with Crippen LogP contribution < -0.4 is 11.1 Å². The van der Waals surface area contributed by atoms with Crippen molar-refractivity contribution in [3.05, 3.63) is 24.3 Å². The van der Waals surface area contributed by atoms with E-state index in [-0.39, 0.29) is 12.5 Å². The quantitative estimate of drug-likeness (QED) is 0.577. The number of nitrogens with one attached hydrogen (secondary N) is 1. The van der Waals surface area contributed by atoms with E-state index in [1.54, 1.807) is 12.1 Å². The maximum atomic E-state index is 11.9. The Morgan fingerprint density at radius 3 is 2.62 bits per heavy atom. The molecule has 0 unspecified atom stereocenters. The van der Waals surface area contributed by atoms with Gasteiger partial charge >= 0.3 is 0 Å². The lowest BCUT2D eigenvalue weighted by Crippen LogP contribution is -2.29. The second-order valence-electron chi connectivity index (χ2n) is 5.16. The number of carbonyl (C=O) groups is 1. The first-order valence-electron chi connectivity index (χ1n) is 7.65. The number of aliphatic hydroxyl groups is 1.